The minimum atomic E-state index is -3.44. The van der Waals surface area contributed by atoms with E-state index in [0.717, 1.165) is 5.56 Å². The number of hydrogen-bond donors (Lipinski definition) is 0. The van der Waals surface area contributed by atoms with Crippen molar-refractivity contribution in [1.82, 2.24) is 0 Å². The van der Waals surface area contributed by atoms with Crippen molar-refractivity contribution in [2.45, 2.75) is 18.7 Å². The van der Waals surface area contributed by atoms with E-state index < -0.39 is 21.7 Å². The molecule has 0 bridgehead atoms. The molecular formula is C12H16O4S. The maximum Gasteiger partial charge on any atom is 0.309 e. The summed E-state index contributed by atoms with van der Waals surface area (Å²) in [7, 11) is -2.19. The van der Waals surface area contributed by atoms with Gasteiger partial charge in [-0.05, 0) is 24.6 Å². The van der Waals surface area contributed by atoms with Crippen LogP contribution < -0.4 is 0 Å². The number of aryl methyl sites for hydroxylation is 1. The molecule has 17 heavy (non-hydrogen) atoms. The van der Waals surface area contributed by atoms with E-state index in [1.165, 1.54) is 13.2 Å². The number of benzene rings is 1. The van der Waals surface area contributed by atoms with Crippen molar-refractivity contribution in [1.29, 1.82) is 0 Å². The quantitative estimate of drug-likeness (QED) is 0.767. The summed E-state index contributed by atoms with van der Waals surface area (Å²) in [5.74, 6) is -1.41. The molecule has 0 fully saturated rings. The molecule has 1 rings (SSSR count). The van der Waals surface area contributed by atoms with Crippen LogP contribution in [-0.4, -0.2) is 27.2 Å². The number of hydrogen-bond acceptors (Lipinski definition) is 4. The molecule has 0 heterocycles. The Kier molecular flexibility index (Phi) is 4.28. The summed E-state index contributed by atoms with van der Waals surface area (Å²) in [5, 5.41) is 0. The molecule has 0 amide bonds. The summed E-state index contributed by atoms with van der Waals surface area (Å²) in [6.07, 6.45) is 0. The van der Waals surface area contributed by atoms with E-state index in [-0.39, 0.29) is 10.6 Å². The SMILES string of the molecule is COC(=O)C(C)CS(=O)(=O)c1cccc(C)c1. The fourth-order valence-corrected chi connectivity index (χ4v) is 3.14. The van der Waals surface area contributed by atoms with Crippen LogP contribution >= 0.6 is 0 Å². The van der Waals surface area contributed by atoms with Crippen LogP contribution in [0.2, 0.25) is 0 Å². The van der Waals surface area contributed by atoms with Gasteiger partial charge >= 0.3 is 5.97 Å². The number of carbonyl (C=O) groups excluding carboxylic acids is 1. The van der Waals surface area contributed by atoms with Gasteiger partial charge in [-0.25, -0.2) is 8.42 Å². The number of carbonyl (C=O) groups is 1. The predicted octanol–water partition coefficient (Wildman–Crippen LogP) is 1.58. The second-order valence-electron chi connectivity index (χ2n) is 4.02. The zero-order valence-electron chi connectivity index (χ0n) is 10.1. The molecule has 0 saturated carbocycles. The molecular weight excluding hydrogens is 240 g/mol. The molecule has 5 heteroatoms. The van der Waals surface area contributed by atoms with Gasteiger partial charge in [0.1, 0.15) is 0 Å². The van der Waals surface area contributed by atoms with Crippen LogP contribution in [0.15, 0.2) is 29.2 Å². The molecule has 4 nitrogen and oxygen atoms in total. The van der Waals surface area contributed by atoms with Gasteiger partial charge in [-0.2, -0.15) is 0 Å². The van der Waals surface area contributed by atoms with Crippen molar-refractivity contribution in [3.63, 3.8) is 0 Å². The molecule has 0 aliphatic carbocycles. The zero-order valence-corrected chi connectivity index (χ0v) is 11.0. The summed E-state index contributed by atoms with van der Waals surface area (Å²) in [6.45, 7) is 3.36. The number of rotatable bonds is 4. The maximum absolute atomic E-state index is 12.0. The number of methoxy groups -OCH3 is 1. The van der Waals surface area contributed by atoms with Crippen LogP contribution in [0.1, 0.15) is 12.5 Å². The van der Waals surface area contributed by atoms with Gasteiger partial charge in [0.2, 0.25) is 0 Å². The van der Waals surface area contributed by atoms with Crippen LogP contribution in [0.3, 0.4) is 0 Å². The zero-order chi connectivity index (χ0) is 13.1. The standard InChI is InChI=1S/C12H16O4S/c1-9-5-4-6-11(7-9)17(14,15)8-10(2)12(13)16-3/h4-7,10H,8H2,1-3H3. The van der Waals surface area contributed by atoms with E-state index in [2.05, 4.69) is 4.74 Å². The lowest BCUT2D eigenvalue weighted by atomic mass is 10.2. The third-order valence-corrected chi connectivity index (χ3v) is 4.33. The Morgan fingerprint density at radius 3 is 2.59 bits per heavy atom. The molecule has 0 aliphatic rings. The lowest BCUT2D eigenvalue weighted by Crippen LogP contribution is -2.22. The van der Waals surface area contributed by atoms with Crippen molar-refractivity contribution >= 4 is 15.8 Å². The third kappa shape index (κ3) is 3.56. The van der Waals surface area contributed by atoms with Crippen molar-refractivity contribution in [2.24, 2.45) is 5.92 Å². The fourth-order valence-electron chi connectivity index (χ4n) is 1.50. The van der Waals surface area contributed by atoms with Crippen molar-refractivity contribution in [2.75, 3.05) is 12.9 Å². The van der Waals surface area contributed by atoms with Gasteiger partial charge in [0, 0.05) is 0 Å². The number of sulfone groups is 1. The minimum Gasteiger partial charge on any atom is -0.469 e. The second-order valence-corrected chi connectivity index (χ2v) is 6.06. The molecule has 0 radical (unpaired) electrons. The summed E-state index contributed by atoms with van der Waals surface area (Å²) >= 11 is 0. The average Bonchev–Trinajstić information content (AvgIpc) is 2.27. The predicted molar refractivity (Wildman–Crippen MR) is 64.4 cm³/mol. The first kappa shape index (κ1) is 13.7. The van der Waals surface area contributed by atoms with E-state index in [0.29, 0.717) is 0 Å². The Bertz CT molecular complexity index is 505. The highest BCUT2D eigenvalue weighted by atomic mass is 32.2. The van der Waals surface area contributed by atoms with E-state index >= 15 is 0 Å². The normalized spacial score (nSPS) is 13.1. The molecule has 0 N–H and O–H groups in total. The Labute approximate surface area is 102 Å². The van der Waals surface area contributed by atoms with Gasteiger partial charge in [-0.1, -0.05) is 19.1 Å². The molecule has 94 valence electrons. The molecule has 0 aromatic heterocycles. The van der Waals surface area contributed by atoms with Gasteiger partial charge < -0.3 is 4.74 Å². The van der Waals surface area contributed by atoms with Gasteiger partial charge in [0.15, 0.2) is 9.84 Å². The highest BCUT2D eigenvalue weighted by Gasteiger charge is 2.23. The Hall–Kier alpha value is -1.36. The lowest BCUT2D eigenvalue weighted by molar-refractivity contribution is -0.144. The largest absolute Gasteiger partial charge is 0.469 e. The molecule has 0 saturated heterocycles. The molecule has 0 aliphatic heterocycles. The highest BCUT2D eigenvalue weighted by molar-refractivity contribution is 7.91. The molecule has 0 spiro atoms. The van der Waals surface area contributed by atoms with E-state index in [4.69, 9.17) is 0 Å². The first-order chi connectivity index (χ1) is 7.86. The monoisotopic (exact) mass is 256 g/mol. The van der Waals surface area contributed by atoms with E-state index in [1.807, 2.05) is 13.0 Å². The summed E-state index contributed by atoms with van der Waals surface area (Å²) in [4.78, 5) is 11.4. The van der Waals surface area contributed by atoms with Gasteiger partial charge in [-0.3, -0.25) is 4.79 Å². The third-order valence-electron chi connectivity index (χ3n) is 2.42. The number of ether oxygens (including phenoxy) is 1. The maximum atomic E-state index is 12.0. The number of esters is 1. The van der Waals surface area contributed by atoms with Crippen LogP contribution in [-0.2, 0) is 19.4 Å². The second kappa shape index (κ2) is 5.31. The Morgan fingerprint density at radius 1 is 1.41 bits per heavy atom. The molecule has 1 aromatic rings. The van der Waals surface area contributed by atoms with Crippen LogP contribution in [0.5, 0.6) is 0 Å². The lowest BCUT2D eigenvalue weighted by Gasteiger charge is -2.10. The minimum absolute atomic E-state index is 0.233. The topological polar surface area (TPSA) is 60.4 Å². The molecule has 1 atom stereocenters. The van der Waals surface area contributed by atoms with Crippen LogP contribution in [0.25, 0.3) is 0 Å². The van der Waals surface area contributed by atoms with Crippen molar-refractivity contribution in [3.8, 4) is 0 Å². The van der Waals surface area contributed by atoms with Crippen LogP contribution in [0.4, 0.5) is 0 Å². The average molecular weight is 256 g/mol. The van der Waals surface area contributed by atoms with Crippen molar-refractivity contribution in [3.05, 3.63) is 29.8 Å². The molecule has 1 aromatic carbocycles. The van der Waals surface area contributed by atoms with E-state index in [1.54, 1.807) is 19.1 Å². The summed E-state index contributed by atoms with van der Waals surface area (Å²) in [5.41, 5.74) is 0.872. The van der Waals surface area contributed by atoms with Gasteiger partial charge in [-0.15, -0.1) is 0 Å². The van der Waals surface area contributed by atoms with Gasteiger partial charge in [0.25, 0.3) is 0 Å². The highest BCUT2D eigenvalue weighted by Crippen LogP contribution is 2.16. The van der Waals surface area contributed by atoms with Gasteiger partial charge in [0.05, 0.1) is 23.7 Å². The summed E-state index contributed by atoms with van der Waals surface area (Å²) in [6, 6.07) is 6.64. The van der Waals surface area contributed by atoms with Crippen LogP contribution in [0, 0.1) is 12.8 Å². The summed E-state index contributed by atoms with van der Waals surface area (Å²) < 4.78 is 28.5. The van der Waals surface area contributed by atoms with E-state index in [9.17, 15) is 13.2 Å². The Balaban J connectivity index is 2.93. The Morgan fingerprint density at radius 2 is 2.06 bits per heavy atom. The van der Waals surface area contributed by atoms with Crippen molar-refractivity contribution < 1.29 is 17.9 Å². The molecule has 1 unspecified atom stereocenters. The first-order valence-electron chi connectivity index (χ1n) is 5.24. The first-order valence-corrected chi connectivity index (χ1v) is 6.89. The fraction of sp³-hybridized carbons (Fsp3) is 0.417. The smallest absolute Gasteiger partial charge is 0.309 e.